The highest BCUT2D eigenvalue weighted by molar-refractivity contribution is 5.14. The lowest BCUT2D eigenvalue weighted by atomic mass is 9.98. The molecule has 2 heterocycles. The smallest absolute Gasteiger partial charge is 0.187 e. The molecule has 0 amide bonds. The first-order chi connectivity index (χ1) is 13.9. The van der Waals surface area contributed by atoms with Gasteiger partial charge in [-0.1, -0.05) is 30.3 Å². The van der Waals surface area contributed by atoms with Crippen LogP contribution in [0.25, 0.3) is 0 Å². The highest BCUT2D eigenvalue weighted by Gasteiger charge is 2.49. The average molecular weight is 416 g/mol. The summed E-state index contributed by atoms with van der Waals surface area (Å²) in [6, 6.07) is 9.52. The van der Waals surface area contributed by atoms with Gasteiger partial charge in [-0.3, -0.25) is 0 Å². The van der Waals surface area contributed by atoms with Gasteiger partial charge in [0, 0.05) is 0 Å². The maximum atomic E-state index is 10.5. The standard InChI is InChI=1S/C19H28O10/c20-8-12-14(23)15(24)17(29-18-16(25)13(22)11(21)9-27-18)19(28-12)26-7-6-10-4-2-1-3-5-10/h1-5,11-25H,6-9H2/t11-,12-,13+,14-,15+,16-,17-,18+,19-/m1/s1. The van der Waals surface area contributed by atoms with Gasteiger partial charge in [-0.25, -0.2) is 0 Å². The first kappa shape index (κ1) is 22.5. The summed E-state index contributed by atoms with van der Waals surface area (Å²) in [6.07, 6.45) is -11.7. The van der Waals surface area contributed by atoms with Crippen LogP contribution in [-0.4, -0.2) is 106 Å². The van der Waals surface area contributed by atoms with Gasteiger partial charge < -0.3 is 49.6 Å². The zero-order chi connectivity index (χ0) is 21.0. The zero-order valence-corrected chi connectivity index (χ0v) is 15.7. The summed E-state index contributed by atoms with van der Waals surface area (Å²) < 4.78 is 22.0. The summed E-state index contributed by atoms with van der Waals surface area (Å²) in [7, 11) is 0. The summed E-state index contributed by atoms with van der Waals surface area (Å²) >= 11 is 0. The van der Waals surface area contributed by atoms with Crippen molar-refractivity contribution in [3.8, 4) is 0 Å². The third-order valence-electron chi connectivity index (χ3n) is 5.09. The van der Waals surface area contributed by atoms with E-state index in [1.807, 2.05) is 30.3 Å². The first-order valence-corrected chi connectivity index (χ1v) is 9.51. The third kappa shape index (κ3) is 5.30. The molecule has 29 heavy (non-hydrogen) atoms. The molecular formula is C19H28O10. The van der Waals surface area contributed by atoms with Crippen molar-refractivity contribution < 1.29 is 49.6 Å². The van der Waals surface area contributed by atoms with Crippen LogP contribution >= 0.6 is 0 Å². The molecule has 0 spiro atoms. The van der Waals surface area contributed by atoms with Gasteiger partial charge >= 0.3 is 0 Å². The van der Waals surface area contributed by atoms with E-state index in [1.165, 1.54) is 0 Å². The van der Waals surface area contributed by atoms with E-state index < -0.39 is 61.9 Å². The van der Waals surface area contributed by atoms with Gasteiger partial charge in [0.15, 0.2) is 12.6 Å². The Labute approximate surface area is 167 Å². The zero-order valence-electron chi connectivity index (χ0n) is 15.7. The number of benzene rings is 1. The fourth-order valence-electron chi connectivity index (χ4n) is 3.33. The Morgan fingerprint density at radius 1 is 0.897 bits per heavy atom. The van der Waals surface area contributed by atoms with E-state index in [-0.39, 0.29) is 13.2 Å². The van der Waals surface area contributed by atoms with Crippen LogP contribution in [0.3, 0.4) is 0 Å². The van der Waals surface area contributed by atoms with E-state index >= 15 is 0 Å². The molecule has 3 rings (SSSR count). The minimum atomic E-state index is -1.58. The monoisotopic (exact) mass is 416 g/mol. The van der Waals surface area contributed by atoms with E-state index in [2.05, 4.69) is 0 Å². The summed E-state index contributed by atoms with van der Waals surface area (Å²) in [5.74, 6) is 0. The van der Waals surface area contributed by atoms with E-state index in [4.69, 9.17) is 18.9 Å². The van der Waals surface area contributed by atoms with E-state index in [1.54, 1.807) is 0 Å². The number of hydrogen-bond donors (Lipinski definition) is 6. The molecule has 0 bridgehead atoms. The summed E-state index contributed by atoms with van der Waals surface area (Å²) in [6.45, 7) is -0.629. The predicted molar refractivity (Wildman–Crippen MR) is 96.5 cm³/mol. The Bertz CT molecular complexity index is 616. The van der Waals surface area contributed by atoms with Crippen molar-refractivity contribution in [2.75, 3.05) is 19.8 Å². The van der Waals surface area contributed by atoms with Crippen LogP contribution in [0.1, 0.15) is 5.56 Å². The van der Waals surface area contributed by atoms with Gasteiger partial charge in [0.05, 0.1) is 19.8 Å². The first-order valence-electron chi connectivity index (χ1n) is 9.51. The molecule has 6 N–H and O–H groups in total. The molecule has 0 saturated carbocycles. The van der Waals surface area contributed by atoms with Crippen LogP contribution in [0.5, 0.6) is 0 Å². The quantitative estimate of drug-likeness (QED) is 0.281. The molecular weight excluding hydrogens is 388 g/mol. The van der Waals surface area contributed by atoms with Crippen molar-refractivity contribution >= 4 is 0 Å². The number of aliphatic hydroxyl groups excluding tert-OH is 6. The molecule has 1 aromatic carbocycles. The molecule has 0 aliphatic carbocycles. The normalized spacial score (nSPS) is 40.7. The van der Waals surface area contributed by atoms with Crippen molar-refractivity contribution in [1.82, 2.24) is 0 Å². The van der Waals surface area contributed by atoms with Crippen molar-refractivity contribution in [3.05, 3.63) is 35.9 Å². The molecule has 9 atom stereocenters. The summed E-state index contributed by atoms with van der Waals surface area (Å²) in [5, 5.41) is 59.5. The predicted octanol–water partition coefficient (Wildman–Crippen LogP) is -2.49. The van der Waals surface area contributed by atoms with Crippen LogP contribution in [-0.2, 0) is 25.4 Å². The number of rotatable bonds is 7. The largest absolute Gasteiger partial charge is 0.394 e. The summed E-state index contributed by atoms with van der Waals surface area (Å²) in [4.78, 5) is 0. The molecule has 2 aliphatic heterocycles. The third-order valence-corrected chi connectivity index (χ3v) is 5.09. The van der Waals surface area contributed by atoms with E-state index in [0.717, 1.165) is 5.56 Å². The molecule has 1 aromatic rings. The summed E-state index contributed by atoms with van der Waals surface area (Å²) in [5.41, 5.74) is 1.02. The Balaban J connectivity index is 1.66. The van der Waals surface area contributed by atoms with Gasteiger partial charge in [-0.15, -0.1) is 0 Å². The Kier molecular flexibility index (Phi) is 7.93. The van der Waals surface area contributed by atoms with Gasteiger partial charge in [0.1, 0.15) is 42.7 Å². The van der Waals surface area contributed by atoms with Crippen LogP contribution in [0.2, 0.25) is 0 Å². The van der Waals surface area contributed by atoms with Crippen molar-refractivity contribution in [1.29, 1.82) is 0 Å². The fourth-order valence-corrected chi connectivity index (χ4v) is 3.33. The second-order valence-corrected chi connectivity index (χ2v) is 7.16. The van der Waals surface area contributed by atoms with E-state index in [9.17, 15) is 30.6 Å². The molecule has 10 nitrogen and oxygen atoms in total. The second kappa shape index (κ2) is 10.2. The molecule has 2 aliphatic rings. The molecule has 0 radical (unpaired) electrons. The maximum absolute atomic E-state index is 10.5. The maximum Gasteiger partial charge on any atom is 0.187 e. The highest BCUT2D eigenvalue weighted by Crippen LogP contribution is 2.28. The van der Waals surface area contributed by atoms with Crippen molar-refractivity contribution in [2.24, 2.45) is 0 Å². The number of aliphatic hydroxyl groups is 6. The van der Waals surface area contributed by atoms with Gasteiger partial charge in [0.2, 0.25) is 0 Å². The molecule has 164 valence electrons. The average Bonchev–Trinajstić information content (AvgIpc) is 2.73. The fraction of sp³-hybridized carbons (Fsp3) is 0.684. The second-order valence-electron chi connectivity index (χ2n) is 7.16. The Morgan fingerprint density at radius 2 is 1.62 bits per heavy atom. The van der Waals surface area contributed by atoms with Gasteiger partial charge in [-0.05, 0) is 12.0 Å². The van der Waals surface area contributed by atoms with Crippen LogP contribution in [0.4, 0.5) is 0 Å². The van der Waals surface area contributed by atoms with Gasteiger partial charge in [-0.2, -0.15) is 0 Å². The minimum Gasteiger partial charge on any atom is -0.394 e. The van der Waals surface area contributed by atoms with Crippen molar-refractivity contribution in [3.63, 3.8) is 0 Å². The van der Waals surface area contributed by atoms with Gasteiger partial charge in [0.25, 0.3) is 0 Å². The number of ether oxygens (including phenoxy) is 4. The Hall–Kier alpha value is -1.18. The van der Waals surface area contributed by atoms with Crippen LogP contribution in [0.15, 0.2) is 30.3 Å². The topological polar surface area (TPSA) is 158 Å². The molecule has 0 unspecified atom stereocenters. The molecule has 2 fully saturated rings. The lowest BCUT2D eigenvalue weighted by Gasteiger charge is -2.44. The van der Waals surface area contributed by atoms with Crippen molar-refractivity contribution in [2.45, 2.75) is 61.7 Å². The Morgan fingerprint density at radius 3 is 2.31 bits per heavy atom. The molecule has 2 saturated heterocycles. The van der Waals surface area contributed by atoms with Crippen LogP contribution < -0.4 is 0 Å². The minimum absolute atomic E-state index is 0.199. The van der Waals surface area contributed by atoms with Crippen LogP contribution in [0, 0.1) is 0 Å². The van der Waals surface area contributed by atoms with E-state index in [0.29, 0.717) is 6.42 Å². The molecule has 10 heteroatoms. The highest BCUT2D eigenvalue weighted by atomic mass is 16.7. The lowest BCUT2D eigenvalue weighted by Crippen LogP contribution is -2.63. The SMILES string of the molecule is OC[C@H]1O[C@@H](OCCc2ccccc2)[C@H](O[C@@H]2OC[C@@H](O)[C@H](O)[C@H]2O)[C@@H](O)[C@@H]1O. The lowest BCUT2D eigenvalue weighted by molar-refractivity contribution is -0.356. The number of hydrogen-bond acceptors (Lipinski definition) is 10. The molecule has 0 aromatic heterocycles.